The summed E-state index contributed by atoms with van der Waals surface area (Å²) in [5, 5.41) is 4.03. The van der Waals surface area contributed by atoms with Crippen LogP contribution in [0, 0.1) is 11.8 Å². The van der Waals surface area contributed by atoms with Gasteiger partial charge in [-0.15, -0.1) is 0 Å². The van der Waals surface area contributed by atoms with Crippen LogP contribution in [-0.4, -0.2) is 36.0 Å². The van der Waals surface area contributed by atoms with Gasteiger partial charge >= 0.3 is 0 Å². The average molecular weight is 253 g/mol. The Morgan fingerprint density at radius 2 is 2.11 bits per heavy atom. The molecule has 2 aliphatic rings. The van der Waals surface area contributed by atoms with Gasteiger partial charge in [-0.3, -0.25) is 0 Å². The fourth-order valence-corrected chi connectivity index (χ4v) is 3.38. The molecule has 2 N–H and O–H groups in total. The van der Waals surface area contributed by atoms with Gasteiger partial charge in [-0.25, -0.2) is 0 Å². The summed E-state index contributed by atoms with van der Waals surface area (Å²) in [5.74, 6) is 1.62. The molecule has 0 aromatic rings. The molecular formula is C14H27N3O. The molecule has 2 heterocycles. The van der Waals surface area contributed by atoms with Gasteiger partial charge in [-0.2, -0.15) is 0 Å². The first-order valence-corrected chi connectivity index (χ1v) is 7.20. The smallest absolute Gasteiger partial charge is 0.141 e. The lowest BCUT2D eigenvalue weighted by atomic mass is 9.85. The summed E-state index contributed by atoms with van der Waals surface area (Å²) in [5.41, 5.74) is 5.77. The zero-order chi connectivity index (χ0) is 13.3. The number of hydrogen-bond acceptors (Lipinski definition) is 3. The molecule has 4 unspecified atom stereocenters. The number of nitrogens with zero attached hydrogens (tertiary/aromatic N) is 2. The highest BCUT2D eigenvalue weighted by molar-refractivity contribution is 5.81. The van der Waals surface area contributed by atoms with Crippen LogP contribution in [0.15, 0.2) is 5.16 Å². The van der Waals surface area contributed by atoms with Crippen LogP contribution in [0.25, 0.3) is 0 Å². The Morgan fingerprint density at radius 1 is 1.39 bits per heavy atom. The topological polar surface area (TPSA) is 50.8 Å². The first-order valence-electron chi connectivity index (χ1n) is 7.20. The van der Waals surface area contributed by atoms with Gasteiger partial charge in [-0.05, 0) is 45.6 Å². The van der Waals surface area contributed by atoms with E-state index in [1.807, 2.05) is 13.8 Å². The number of nitrogens with two attached hydrogens (primary N) is 1. The maximum absolute atomic E-state index is 5.77. The van der Waals surface area contributed by atoms with E-state index < -0.39 is 0 Å². The van der Waals surface area contributed by atoms with Crippen LogP contribution in [0.2, 0.25) is 0 Å². The lowest BCUT2D eigenvalue weighted by molar-refractivity contribution is 0.0481. The Hall–Kier alpha value is -0.770. The number of amidine groups is 1. The normalized spacial score (nSPS) is 34.3. The third-order valence-electron chi connectivity index (χ3n) is 4.58. The molecule has 2 rings (SSSR count). The first kappa shape index (κ1) is 13.7. The SMILES string of the molecule is CC(CC1CC2CCC1N2C)ON=C(N)C(C)C. The highest BCUT2D eigenvalue weighted by atomic mass is 16.6. The van der Waals surface area contributed by atoms with Gasteiger partial charge in [0.1, 0.15) is 11.9 Å². The molecule has 0 aliphatic carbocycles. The van der Waals surface area contributed by atoms with E-state index in [9.17, 15) is 0 Å². The molecule has 2 saturated heterocycles. The zero-order valence-electron chi connectivity index (χ0n) is 12.1. The van der Waals surface area contributed by atoms with Crippen molar-refractivity contribution < 1.29 is 4.84 Å². The second-order valence-corrected chi connectivity index (χ2v) is 6.28. The molecule has 2 fully saturated rings. The van der Waals surface area contributed by atoms with Crippen molar-refractivity contribution in [3.63, 3.8) is 0 Å². The molecule has 0 amide bonds. The Bertz CT molecular complexity index is 316. The highest BCUT2D eigenvalue weighted by Gasteiger charge is 2.44. The van der Waals surface area contributed by atoms with E-state index in [-0.39, 0.29) is 12.0 Å². The first-order chi connectivity index (χ1) is 8.49. The third kappa shape index (κ3) is 2.79. The van der Waals surface area contributed by atoms with Crippen LogP contribution in [-0.2, 0) is 4.84 Å². The lowest BCUT2D eigenvalue weighted by Crippen LogP contribution is -2.28. The molecule has 4 atom stereocenters. The van der Waals surface area contributed by atoms with Crippen LogP contribution in [0.3, 0.4) is 0 Å². The van der Waals surface area contributed by atoms with Crippen molar-refractivity contribution in [1.82, 2.24) is 4.90 Å². The zero-order valence-corrected chi connectivity index (χ0v) is 12.1. The summed E-state index contributed by atoms with van der Waals surface area (Å²) in [7, 11) is 2.27. The molecule has 0 aromatic heterocycles. The molecule has 0 spiro atoms. The second kappa shape index (κ2) is 5.47. The average Bonchev–Trinajstić information content (AvgIpc) is 2.81. The van der Waals surface area contributed by atoms with E-state index in [4.69, 9.17) is 10.6 Å². The molecule has 104 valence electrons. The summed E-state index contributed by atoms with van der Waals surface area (Å²) in [6.45, 7) is 6.15. The third-order valence-corrected chi connectivity index (χ3v) is 4.58. The Balaban J connectivity index is 1.79. The fraction of sp³-hybridized carbons (Fsp3) is 0.929. The largest absolute Gasteiger partial charge is 0.391 e. The summed E-state index contributed by atoms with van der Waals surface area (Å²) in [4.78, 5) is 8.07. The molecule has 2 aliphatic heterocycles. The van der Waals surface area contributed by atoms with Gasteiger partial charge in [0, 0.05) is 18.0 Å². The summed E-state index contributed by atoms with van der Waals surface area (Å²) >= 11 is 0. The van der Waals surface area contributed by atoms with Crippen LogP contribution in [0.4, 0.5) is 0 Å². The fourth-order valence-electron chi connectivity index (χ4n) is 3.38. The minimum atomic E-state index is 0.167. The molecule has 0 aromatic carbocycles. The molecule has 18 heavy (non-hydrogen) atoms. The van der Waals surface area contributed by atoms with Crippen LogP contribution < -0.4 is 5.73 Å². The molecular weight excluding hydrogens is 226 g/mol. The lowest BCUT2D eigenvalue weighted by Gasteiger charge is -2.23. The number of rotatable bonds is 5. The van der Waals surface area contributed by atoms with Crippen LogP contribution in [0.1, 0.15) is 46.5 Å². The molecule has 4 heteroatoms. The van der Waals surface area contributed by atoms with Crippen molar-refractivity contribution >= 4 is 5.84 Å². The van der Waals surface area contributed by atoms with E-state index >= 15 is 0 Å². The summed E-state index contributed by atoms with van der Waals surface area (Å²) in [6.07, 6.45) is 5.33. The predicted octanol–water partition coefficient (Wildman–Crippen LogP) is 2.19. The van der Waals surface area contributed by atoms with Crippen LogP contribution >= 0.6 is 0 Å². The van der Waals surface area contributed by atoms with E-state index in [1.165, 1.54) is 19.3 Å². The van der Waals surface area contributed by atoms with Crippen molar-refractivity contribution in [3.8, 4) is 0 Å². The minimum Gasteiger partial charge on any atom is -0.391 e. The summed E-state index contributed by atoms with van der Waals surface area (Å²) in [6, 6.07) is 1.59. The van der Waals surface area contributed by atoms with Gasteiger partial charge in [0.15, 0.2) is 0 Å². The van der Waals surface area contributed by atoms with Gasteiger partial charge in [0.2, 0.25) is 0 Å². The van der Waals surface area contributed by atoms with Crippen molar-refractivity contribution in [2.45, 2.75) is 64.6 Å². The van der Waals surface area contributed by atoms with Crippen molar-refractivity contribution in [1.29, 1.82) is 0 Å². The molecule has 4 nitrogen and oxygen atoms in total. The van der Waals surface area contributed by atoms with Crippen molar-refractivity contribution in [2.24, 2.45) is 22.7 Å². The van der Waals surface area contributed by atoms with E-state index in [2.05, 4.69) is 24.0 Å². The molecule has 0 saturated carbocycles. The number of hydrogen-bond donors (Lipinski definition) is 1. The highest BCUT2D eigenvalue weighted by Crippen LogP contribution is 2.42. The number of fused-ring (bicyclic) bond motifs is 2. The van der Waals surface area contributed by atoms with Gasteiger partial charge < -0.3 is 15.5 Å². The predicted molar refractivity (Wildman–Crippen MR) is 74.3 cm³/mol. The minimum absolute atomic E-state index is 0.167. The van der Waals surface area contributed by atoms with Crippen LogP contribution in [0.5, 0.6) is 0 Å². The van der Waals surface area contributed by atoms with Gasteiger partial charge in [0.05, 0.1) is 0 Å². The van der Waals surface area contributed by atoms with Gasteiger partial charge in [-0.1, -0.05) is 19.0 Å². The maximum Gasteiger partial charge on any atom is 0.141 e. The van der Waals surface area contributed by atoms with E-state index in [0.29, 0.717) is 5.84 Å². The summed E-state index contributed by atoms with van der Waals surface area (Å²) < 4.78 is 0. The molecule has 2 bridgehead atoms. The Morgan fingerprint density at radius 3 is 2.61 bits per heavy atom. The number of oxime groups is 1. The Labute approximate surface area is 111 Å². The van der Waals surface area contributed by atoms with E-state index in [1.54, 1.807) is 0 Å². The molecule has 0 radical (unpaired) electrons. The second-order valence-electron chi connectivity index (χ2n) is 6.28. The Kier molecular flexibility index (Phi) is 4.15. The van der Waals surface area contributed by atoms with Gasteiger partial charge in [0.25, 0.3) is 0 Å². The van der Waals surface area contributed by atoms with Crippen molar-refractivity contribution in [2.75, 3.05) is 7.05 Å². The quantitative estimate of drug-likeness (QED) is 0.464. The standard InChI is InChI=1S/C14H27N3O/c1-9(2)14(15)16-18-10(3)7-11-8-12-5-6-13(11)17(12)4/h9-13H,5-8H2,1-4H3,(H2,15,16). The van der Waals surface area contributed by atoms with E-state index in [0.717, 1.165) is 24.4 Å². The van der Waals surface area contributed by atoms with Crippen molar-refractivity contribution in [3.05, 3.63) is 0 Å². The monoisotopic (exact) mass is 253 g/mol. The maximum atomic E-state index is 5.77.